The molecule has 22 heavy (non-hydrogen) atoms. The van der Waals surface area contributed by atoms with Crippen molar-refractivity contribution < 1.29 is 19.1 Å². The number of hydrogen-bond donors (Lipinski definition) is 0. The van der Waals surface area contributed by atoms with Crippen molar-refractivity contribution >= 4 is 12.4 Å². The summed E-state index contributed by atoms with van der Waals surface area (Å²) in [5.41, 5.74) is 0.581. The Labute approximate surface area is 131 Å². The summed E-state index contributed by atoms with van der Waals surface area (Å²) in [7, 11) is 0. The number of carbonyl (C=O) groups excluding carboxylic acids is 2. The molecule has 0 unspecified atom stereocenters. The fraction of sp³-hybridized carbons (Fsp3) is 0.333. The second-order valence-corrected chi connectivity index (χ2v) is 4.66. The van der Waals surface area contributed by atoms with Crippen molar-refractivity contribution in [1.82, 2.24) is 0 Å². The molecule has 0 radical (unpaired) electrons. The standard InChI is InChI=1S/C13H12O2.C5H10O2/c14-13(11-7-3-1-4-8-11)15-12-9-5-2-6-10-12;1-2-3-4-7-5-6/h1,3-5,7-10H,2,6H2;5H,2-4H2,1H3. The molecule has 1 aliphatic rings. The molecule has 0 bridgehead atoms. The van der Waals surface area contributed by atoms with Crippen LogP contribution in [0.5, 0.6) is 0 Å². The summed E-state index contributed by atoms with van der Waals surface area (Å²) < 4.78 is 9.61. The molecular weight excluding hydrogens is 280 g/mol. The van der Waals surface area contributed by atoms with Crippen LogP contribution in [-0.4, -0.2) is 19.0 Å². The summed E-state index contributed by atoms with van der Waals surface area (Å²) in [5, 5.41) is 0. The van der Waals surface area contributed by atoms with Crippen molar-refractivity contribution in [3.8, 4) is 0 Å². The zero-order chi connectivity index (χ0) is 16.0. The van der Waals surface area contributed by atoms with Crippen LogP contribution in [0.25, 0.3) is 0 Å². The number of rotatable bonds is 6. The van der Waals surface area contributed by atoms with Crippen LogP contribution in [0, 0.1) is 0 Å². The predicted molar refractivity (Wildman–Crippen MR) is 85.2 cm³/mol. The van der Waals surface area contributed by atoms with Gasteiger partial charge >= 0.3 is 5.97 Å². The van der Waals surface area contributed by atoms with Gasteiger partial charge in [0.2, 0.25) is 0 Å². The maximum absolute atomic E-state index is 11.6. The van der Waals surface area contributed by atoms with E-state index in [-0.39, 0.29) is 5.97 Å². The first-order chi connectivity index (χ1) is 10.8. The van der Waals surface area contributed by atoms with Crippen molar-refractivity contribution in [1.29, 1.82) is 0 Å². The van der Waals surface area contributed by atoms with Crippen LogP contribution >= 0.6 is 0 Å². The predicted octanol–water partition coefficient (Wildman–Crippen LogP) is 4.04. The highest BCUT2D eigenvalue weighted by molar-refractivity contribution is 5.90. The Balaban J connectivity index is 0.000000295. The zero-order valence-electron chi connectivity index (χ0n) is 12.9. The number of unbranched alkanes of at least 4 members (excludes halogenated alkanes) is 1. The first-order valence-electron chi connectivity index (χ1n) is 7.47. The van der Waals surface area contributed by atoms with Gasteiger partial charge in [-0.1, -0.05) is 37.6 Å². The van der Waals surface area contributed by atoms with Crippen LogP contribution in [-0.2, 0) is 14.3 Å². The van der Waals surface area contributed by atoms with E-state index in [0.29, 0.717) is 24.4 Å². The van der Waals surface area contributed by atoms with Gasteiger partial charge in [0.15, 0.2) is 0 Å². The quantitative estimate of drug-likeness (QED) is 0.452. The SMILES string of the molecule is CCCCOC=O.O=C(OC1=CCCC=C1)c1ccccc1. The lowest BCUT2D eigenvalue weighted by Crippen LogP contribution is -2.04. The minimum Gasteiger partial charge on any atom is -0.468 e. The van der Waals surface area contributed by atoms with Crippen molar-refractivity contribution in [2.75, 3.05) is 6.61 Å². The topological polar surface area (TPSA) is 52.6 Å². The molecule has 0 atom stereocenters. The van der Waals surface area contributed by atoms with Gasteiger partial charge in [0, 0.05) is 0 Å². The van der Waals surface area contributed by atoms with Gasteiger partial charge in [-0.3, -0.25) is 4.79 Å². The maximum Gasteiger partial charge on any atom is 0.343 e. The summed E-state index contributed by atoms with van der Waals surface area (Å²) in [6, 6.07) is 9.00. The maximum atomic E-state index is 11.6. The molecule has 118 valence electrons. The fourth-order valence-electron chi connectivity index (χ4n) is 1.68. The minimum absolute atomic E-state index is 0.298. The highest BCUT2D eigenvalue weighted by Gasteiger charge is 2.08. The van der Waals surface area contributed by atoms with Crippen LogP contribution in [0.1, 0.15) is 43.0 Å². The van der Waals surface area contributed by atoms with Crippen molar-refractivity contribution in [3.63, 3.8) is 0 Å². The van der Waals surface area contributed by atoms with E-state index in [1.165, 1.54) is 0 Å². The molecular formula is C18H22O4. The van der Waals surface area contributed by atoms with Crippen LogP contribution in [0.15, 0.2) is 54.3 Å². The number of allylic oxidation sites excluding steroid dienone is 3. The number of hydrogen-bond acceptors (Lipinski definition) is 4. The molecule has 2 rings (SSSR count). The molecule has 0 spiro atoms. The molecule has 0 aromatic heterocycles. The molecule has 0 fully saturated rings. The summed E-state index contributed by atoms with van der Waals surface area (Å²) in [6.07, 6.45) is 9.78. The Kier molecular flexibility index (Phi) is 9.10. The lowest BCUT2D eigenvalue weighted by molar-refractivity contribution is -0.128. The third-order valence-electron chi connectivity index (χ3n) is 2.86. The lowest BCUT2D eigenvalue weighted by Gasteiger charge is -2.07. The molecule has 4 nitrogen and oxygen atoms in total. The molecule has 1 aromatic carbocycles. The first kappa shape index (κ1) is 17.7. The zero-order valence-corrected chi connectivity index (χ0v) is 12.9. The van der Waals surface area contributed by atoms with E-state index in [4.69, 9.17) is 4.74 Å². The second-order valence-electron chi connectivity index (χ2n) is 4.66. The number of benzene rings is 1. The van der Waals surface area contributed by atoms with Crippen molar-refractivity contribution in [3.05, 3.63) is 59.9 Å². The van der Waals surface area contributed by atoms with E-state index in [2.05, 4.69) is 4.74 Å². The Bertz CT molecular complexity index is 503. The molecule has 0 N–H and O–H groups in total. The van der Waals surface area contributed by atoms with Crippen LogP contribution in [0.3, 0.4) is 0 Å². The normalized spacial score (nSPS) is 12.5. The molecule has 4 heteroatoms. The van der Waals surface area contributed by atoms with E-state index in [0.717, 1.165) is 25.7 Å². The Morgan fingerprint density at radius 3 is 2.59 bits per heavy atom. The lowest BCUT2D eigenvalue weighted by atomic mass is 10.2. The Morgan fingerprint density at radius 1 is 1.23 bits per heavy atom. The van der Waals surface area contributed by atoms with Crippen molar-refractivity contribution in [2.45, 2.75) is 32.6 Å². The van der Waals surface area contributed by atoms with E-state index < -0.39 is 0 Å². The average molecular weight is 302 g/mol. The van der Waals surface area contributed by atoms with Gasteiger partial charge in [0.05, 0.1) is 12.2 Å². The molecule has 1 aromatic rings. The number of carbonyl (C=O) groups is 2. The highest BCUT2D eigenvalue weighted by atomic mass is 16.5. The molecule has 0 saturated carbocycles. The van der Waals surface area contributed by atoms with Gasteiger partial charge in [0.25, 0.3) is 6.47 Å². The summed E-state index contributed by atoms with van der Waals surface area (Å²) in [5.74, 6) is 0.350. The van der Waals surface area contributed by atoms with Crippen LogP contribution in [0.4, 0.5) is 0 Å². The second kappa shape index (κ2) is 11.3. The Hall–Kier alpha value is -2.36. The monoisotopic (exact) mass is 302 g/mol. The molecule has 0 saturated heterocycles. The molecule has 0 amide bonds. The average Bonchev–Trinajstić information content (AvgIpc) is 2.58. The largest absolute Gasteiger partial charge is 0.468 e. The summed E-state index contributed by atoms with van der Waals surface area (Å²) >= 11 is 0. The summed E-state index contributed by atoms with van der Waals surface area (Å²) in [6.45, 7) is 3.10. The van der Waals surface area contributed by atoms with Gasteiger partial charge in [0.1, 0.15) is 5.76 Å². The van der Waals surface area contributed by atoms with E-state index >= 15 is 0 Å². The Morgan fingerprint density at radius 2 is 2.00 bits per heavy atom. The third-order valence-corrected chi connectivity index (χ3v) is 2.86. The molecule has 0 heterocycles. The first-order valence-corrected chi connectivity index (χ1v) is 7.47. The van der Waals surface area contributed by atoms with Crippen molar-refractivity contribution in [2.24, 2.45) is 0 Å². The van der Waals surface area contributed by atoms with Crippen LogP contribution in [0.2, 0.25) is 0 Å². The minimum atomic E-state index is -0.298. The fourth-order valence-corrected chi connectivity index (χ4v) is 1.68. The van der Waals surface area contributed by atoms with Gasteiger partial charge in [-0.25, -0.2) is 4.79 Å². The van der Waals surface area contributed by atoms with Crippen LogP contribution < -0.4 is 0 Å². The van der Waals surface area contributed by atoms with Gasteiger partial charge in [-0.05, 0) is 43.5 Å². The van der Waals surface area contributed by atoms with Gasteiger partial charge < -0.3 is 9.47 Å². The van der Waals surface area contributed by atoms with E-state index in [9.17, 15) is 9.59 Å². The van der Waals surface area contributed by atoms with E-state index in [1.807, 2.05) is 43.4 Å². The molecule has 0 aliphatic heterocycles. The smallest absolute Gasteiger partial charge is 0.343 e. The van der Waals surface area contributed by atoms with E-state index in [1.54, 1.807) is 12.1 Å². The molecule has 1 aliphatic carbocycles. The number of ether oxygens (including phenoxy) is 2. The van der Waals surface area contributed by atoms with Gasteiger partial charge in [-0.15, -0.1) is 0 Å². The number of esters is 1. The summed E-state index contributed by atoms with van der Waals surface area (Å²) in [4.78, 5) is 21.1. The third kappa shape index (κ3) is 7.43. The van der Waals surface area contributed by atoms with Gasteiger partial charge in [-0.2, -0.15) is 0 Å². The highest BCUT2D eigenvalue weighted by Crippen LogP contribution is 2.13.